The number of quaternary nitrogens is 1. The van der Waals surface area contributed by atoms with Crippen LogP contribution in [0.2, 0.25) is 0 Å². The van der Waals surface area contributed by atoms with Gasteiger partial charge in [0.2, 0.25) is 5.91 Å². The standard InChI is InChI=1S/C62H119N2O6P/c1-6-8-10-12-14-16-18-20-22-24-26-28-30-31-32-33-34-36-38-40-42-44-46-48-50-52-54-56-62(66)63-60(59-70-71(67,68)69-58-57-64(3,4)5)61(65)55-53-51-49-47-45-43-41-39-37-35-29-27-25-23-21-19-17-15-13-11-9-7-2/h26,28,31-32,45,47,53,55,60-61,65H,6-25,27,29-30,33-44,46,48-52,54,56-59H2,1-5H3,(H-,63,66,67,68)/p+1/b28-26-,32-31-,47-45+,55-53+. The zero-order valence-electron chi connectivity index (χ0n) is 47.7. The summed E-state index contributed by atoms with van der Waals surface area (Å²) in [6, 6.07) is -0.866. The molecule has 0 rings (SSSR count). The normalized spacial score (nSPS) is 14.2. The predicted octanol–water partition coefficient (Wildman–Crippen LogP) is 18.7. The van der Waals surface area contributed by atoms with E-state index in [0.717, 1.165) is 44.9 Å². The number of aliphatic hydroxyl groups excluding tert-OH is 1. The monoisotopic (exact) mass is 1020 g/mol. The number of nitrogens with one attached hydrogen (secondary N) is 1. The highest BCUT2D eigenvalue weighted by Crippen LogP contribution is 2.43. The van der Waals surface area contributed by atoms with Gasteiger partial charge in [0.05, 0.1) is 39.9 Å². The van der Waals surface area contributed by atoms with Gasteiger partial charge in [-0.05, 0) is 64.2 Å². The molecule has 418 valence electrons. The van der Waals surface area contributed by atoms with Gasteiger partial charge < -0.3 is 19.8 Å². The molecule has 0 aromatic rings. The SMILES string of the molecule is CCCCCCCCCCC/C=C\C/C=C\CCCCCCCCCCCCCC(=O)NC(COP(=O)(O)OCC[N+](C)(C)C)C(O)/C=C/CC/C=C/CCCCCCCCCCCCCCCCCC. The lowest BCUT2D eigenvalue weighted by molar-refractivity contribution is -0.870. The number of phosphoric acid groups is 1. The molecular formula is C62H120N2O6P+. The topological polar surface area (TPSA) is 105 Å². The predicted molar refractivity (Wildman–Crippen MR) is 309 cm³/mol. The van der Waals surface area contributed by atoms with Gasteiger partial charge in [-0.15, -0.1) is 0 Å². The Balaban J connectivity index is 4.21. The summed E-state index contributed by atoms with van der Waals surface area (Å²) in [5.41, 5.74) is 0. The molecule has 3 atom stereocenters. The first-order valence-electron chi connectivity index (χ1n) is 30.5. The van der Waals surface area contributed by atoms with Gasteiger partial charge in [0.25, 0.3) is 0 Å². The third kappa shape index (κ3) is 56.0. The van der Waals surface area contributed by atoms with Crippen LogP contribution in [0.5, 0.6) is 0 Å². The molecule has 0 aliphatic heterocycles. The molecule has 8 nitrogen and oxygen atoms in total. The van der Waals surface area contributed by atoms with Crippen LogP contribution in [-0.4, -0.2) is 73.4 Å². The first kappa shape index (κ1) is 69.5. The second-order valence-electron chi connectivity index (χ2n) is 22.1. The van der Waals surface area contributed by atoms with Crippen LogP contribution in [0.3, 0.4) is 0 Å². The molecule has 3 unspecified atom stereocenters. The highest BCUT2D eigenvalue weighted by Gasteiger charge is 2.27. The summed E-state index contributed by atoms with van der Waals surface area (Å²) in [6.45, 7) is 4.83. The molecule has 0 fully saturated rings. The molecule has 0 saturated carbocycles. The maximum atomic E-state index is 13.0. The van der Waals surface area contributed by atoms with E-state index in [2.05, 4.69) is 55.6 Å². The first-order chi connectivity index (χ1) is 34.5. The van der Waals surface area contributed by atoms with Gasteiger partial charge >= 0.3 is 7.82 Å². The Bertz CT molecular complexity index is 1290. The van der Waals surface area contributed by atoms with E-state index in [-0.39, 0.29) is 19.1 Å². The number of rotatable bonds is 56. The van der Waals surface area contributed by atoms with E-state index in [9.17, 15) is 19.4 Å². The van der Waals surface area contributed by atoms with Crippen molar-refractivity contribution in [1.29, 1.82) is 0 Å². The summed E-state index contributed by atoms with van der Waals surface area (Å²) in [5, 5.41) is 13.9. The first-order valence-corrected chi connectivity index (χ1v) is 32.0. The van der Waals surface area contributed by atoms with Crippen LogP contribution < -0.4 is 5.32 Å². The molecule has 1 amide bonds. The van der Waals surface area contributed by atoms with Gasteiger partial charge in [-0.1, -0.05) is 268 Å². The minimum absolute atomic E-state index is 0.0554. The third-order valence-electron chi connectivity index (χ3n) is 13.8. The second kappa shape index (κ2) is 53.3. The molecule has 9 heteroatoms. The fraction of sp³-hybridized carbons (Fsp3) is 0.855. The molecule has 0 aliphatic carbocycles. The zero-order valence-corrected chi connectivity index (χ0v) is 48.6. The number of likely N-dealkylation sites (N-methyl/N-ethyl adjacent to an activating group) is 1. The number of hydrogen-bond acceptors (Lipinski definition) is 5. The van der Waals surface area contributed by atoms with Crippen LogP contribution in [0.25, 0.3) is 0 Å². The number of carbonyl (C=O) groups excluding carboxylic acids is 1. The molecule has 3 N–H and O–H groups in total. The smallest absolute Gasteiger partial charge is 0.387 e. The van der Waals surface area contributed by atoms with Gasteiger partial charge in [-0.2, -0.15) is 0 Å². The van der Waals surface area contributed by atoms with E-state index >= 15 is 0 Å². The lowest BCUT2D eigenvalue weighted by atomic mass is 10.0. The van der Waals surface area contributed by atoms with Gasteiger partial charge in [0.1, 0.15) is 13.2 Å². The van der Waals surface area contributed by atoms with Gasteiger partial charge in [0, 0.05) is 6.42 Å². The number of aliphatic hydroxyl groups is 1. The zero-order chi connectivity index (χ0) is 52.0. The van der Waals surface area contributed by atoms with E-state index in [4.69, 9.17) is 9.05 Å². The van der Waals surface area contributed by atoms with E-state index in [0.29, 0.717) is 17.4 Å². The van der Waals surface area contributed by atoms with Crippen LogP contribution in [0, 0.1) is 0 Å². The maximum absolute atomic E-state index is 13.0. The summed E-state index contributed by atoms with van der Waals surface area (Å²) in [4.78, 5) is 23.3. The van der Waals surface area contributed by atoms with E-state index in [1.165, 1.54) is 225 Å². The van der Waals surface area contributed by atoms with E-state index in [1.807, 2.05) is 27.2 Å². The second-order valence-corrected chi connectivity index (χ2v) is 23.5. The summed E-state index contributed by atoms with van der Waals surface area (Å²) >= 11 is 0. The van der Waals surface area contributed by atoms with Crippen molar-refractivity contribution in [3.8, 4) is 0 Å². The highest BCUT2D eigenvalue weighted by molar-refractivity contribution is 7.47. The average molecular weight is 1020 g/mol. The van der Waals surface area contributed by atoms with Crippen molar-refractivity contribution >= 4 is 13.7 Å². The molecule has 0 aliphatic rings. The van der Waals surface area contributed by atoms with Crippen molar-refractivity contribution in [1.82, 2.24) is 5.32 Å². The fourth-order valence-corrected chi connectivity index (χ4v) is 9.71. The lowest BCUT2D eigenvalue weighted by Gasteiger charge is -2.25. The Morgan fingerprint density at radius 2 is 0.817 bits per heavy atom. The molecule has 0 radical (unpaired) electrons. The van der Waals surface area contributed by atoms with Crippen molar-refractivity contribution in [2.75, 3.05) is 40.9 Å². The highest BCUT2D eigenvalue weighted by atomic mass is 31.2. The number of nitrogens with zero attached hydrogens (tertiary/aromatic N) is 1. The molecule has 0 heterocycles. The number of allylic oxidation sites excluding steroid dienone is 7. The molecule has 0 aromatic heterocycles. The van der Waals surface area contributed by atoms with Crippen molar-refractivity contribution in [3.63, 3.8) is 0 Å². The molecule has 0 spiro atoms. The van der Waals surface area contributed by atoms with Crippen molar-refractivity contribution in [2.24, 2.45) is 0 Å². The van der Waals surface area contributed by atoms with Crippen molar-refractivity contribution in [3.05, 3.63) is 48.6 Å². The van der Waals surface area contributed by atoms with Crippen LogP contribution >= 0.6 is 7.82 Å². The van der Waals surface area contributed by atoms with Gasteiger partial charge in [-0.25, -0.2) is 4.57 Å². The van der Waals surface area contributed by atoms with Crippen LogP contribution in [-0.2, 0) is 18.4 Å². The number of carbonyl (C=O) groups is 1. The Hall–Kier alpha value is -1.54. The Morgan fingerprint density at radius 3 is 1.21 bits per heavy atom. The molecular weight excluding hydrogens is 900 g/mol. The van der Waals surface area contributed by atoms with Crippen LogP contribution in [0.1, 0.15) is 290 Å². The lowest BCUT2D eigenvalue weighted by Crippen LogP contribution is -2.45. The number of hydrogen-bond donors (Lipinski definition) is 3. The molecule has 71 heavy (non-hydrogen) atoms. The Labute approximate surface area is 441 Å². The van der Waals surface area contributed by atoms with E-state index < -0.39 is 20.0 Å². The largest absolute Gasteiger partial charge is 0.472 e. The number of amides is 1. The summed E-state index contributed by atoms with van der Waals surface area (Å²) in [5.74, 6) is -0.186. The van der Waals surface area contributed by atoms with Crippen molar-refractivity contribution in [2.45, 2.75) is 302 Å². The summed E-state index contributed by atoms with van der Waals surface area (Å²) in [6.07, 6.45) is 70.8. The minimum Gasteiger partial charge on any atom is -0.387 e. The third-order valence-corrected chi connectivity index (χ3v) is 14.8. The van der Waals surface area contributed by atoms with Gasteiger partial charge in [0.15, 0.2) is 0 Å². The fourth-order valence-electron chi connectivity index (χ4n) is 8.97. The summed E-state index contributed by atoms with van der Waals surface area (Å²) in [7, 11) is 1.56. The van der Waals surface area contributed by atoms with Crippen LogP contribution in [0.4, 0.5) is 0 Å². The quantitative estimate of drug-likeness (QED) is 0.0243. The number of phosphoric ester groups is 1. The van der Waals surface area contributed by atoms with E-state index in [1.54, 1.807) is 6.08 Å². The minimum atomic E-state index is -4.36. The average Bonchev–Trinajstić information content (AvgIpc) is 3.33. The van der Waals surface area contributed by atoms with Gasteiger partial charge in [-0.3, -0.25) is 13.8 Å². The Morgan fingerprint density at radius 1 is 0.479 bits per heavy atom. The maximum Gasteiger partial charge on any atom is 0.472 e. The Kier molecular flexibility index (Phi) is 52.1. The van der Waals surface area contributed by atoms with Crippen molar-refractivity contribution < 1.29 is 32.9 Å². The molecule has 0 aromatic carbocycles. The molecule has 0 bridgehead atoms. The molecule has 0 saturated heterocycles. The van der Waals surface area contributed by atoms with Crippen LogP contribution in [0.15, 0.2) is 48.6 Å². The number of unbranched alkanes of at least 4 members (excludes halogenated alkanes) is 37. The summed E-state index contributed by atoms with van der Waals surface area (Å²) < 4.78 is 23.7.